The lowest BCUT2D eigenvalue weighted by molar-refractivity contribution is -0.136. The van der Waals surface area contributed by atoms with Gasteiger partial charge >= 0.3 is 0 Å². The van der Waals surface area contributed by atoms with Gasteiger partial charge in [-0.1, -0.05) is 6.92 Å². The second-order valence-electron chi connectivity index (χ2n) is 4.99. The van der Waals surface area contributed by atoms with Crippen LogP contribution in [0, 0.1) is 0 Å². The second kappa shape index (κ2) is 4.87. The van der Waals surface area contributed by atoms with Gasteiger partial charge in [0, 0.05) is 31.4 Å². The second-order valence-corrected chi connectivity index (χ2v) is 4.99. The molecule has 2 N–H and O–H groups in total. The molecular formula is C12H22N4O. The Morgan fingerprint density at radius 1 is 1.65 bits per heavy atom. The molecule has 0 aliphatic carbocycles. The van der Waals surface area contributed by atoms with Gasteiger partial charge in [0.15, 0.2) is 0 Å². The van der Waals surface area contributed by atoms with Crippen molar-refractivity contribution in [1.82, 2.24) is 14.7 Å². The maximum atomic E-state index is 12.2. The van der Waals surface area contributed by atoms with Crippen molar-refractivity contribution >= 4 is 5.91 Å². The van der Waals surface area contributed by atoms with Gasteiger partial charge in [-0.25, -0.2) is 0 Å². The van der Waals surface area contributed by atoms with E-state index in [0.29, 0.717) is 0 Å². The third-order valence-corrected chi connectivity index (χ3v) is 3.45. The van der Waals surface area contributed by atoms with E-state index in [4.69, 9.17) is 5.73 Å². The Labute approximate surface area is 103 Å². The summed E-state index contributed by atoms with van der Waals surface area (Å²) in [5.74, 6) is -0.0788. The zero-order valence-electron chi connectivity index (χ0n) is 11.3. The summed E-state index contributed by atoms with van der Waals surface area (Å²) in [6.45, 7) is 6.11. The summed E-state index contributed by atoms with van der Waals surface area (Å²) >= 11 is 0. The molecule has 1 amide bonds. The van der Waals surface area contributed by atoms with Crippen LogP contribution in [0.2, 0.25) is 0 Å². The lowest BCUT2D eigenvalue weighted by Crippen LogP contribution is -2.48. The fraction of sp³-hybridized carbons (Fsp3) is 0.667. The molecule has 0 aromatic carbocycles. The van der Waals surface area contributed by atoms with Gasteiger partial charge in [-0.15, -0.1) is 0 Å². The van der Waals surface area contributed by atoms with Crippen LogP contribution in [0.4, 0.5) is 0 Å². The minimum atomic E-state index is -0.639. The summed E-state index contributed by atoms with van der Waals surface area (Å²) in [7, 11) is 3.60. The van der Waals surface area contributed by atoms with Crippen LogP contribution in [0.5, 0.6) is 0 Å². The van der Waals surface area contributed by atoms with Crippen LogP contribution in [0.25, 0.3) is 0 Å². The summed E-state index contributed by atoms with van der Waals surface area (Å²) in [6, 6.07) is -0.639. The van der Waals surface area contributed by atoms with E-state index in [-0.39, 0.29) is 11.4 Å². The first-order valence-electron chi connectivity index (χ1n) is 5.81. The van der Waals surface area contributed by atoms with Crippen molar-refractivity contribution in [2.45, 2.75) is 38.8 Å². The predicted molar refractivity (Wildman–Crippen MR) is 67.3 cm³/mol. The molecule has 1 aromatic heterocycles. The first kappa shape index (κ1) is 13.7. The number of nitrogens with two attached hydrogens (primary N) is 1. The number of hydrogen-bond acceptors (Lipinski definition) is 3. The van der Waals surface area contributed by atoms with E-state index in [9.17, 15) is 4.79 Å². The van der Waals surface area contributed by atoms with E-state index in [1.54, 1.807) is 36.1 Å². The van der Waals surface area contributed by atoms with Crippen molar-refractivity contribution in [2.75, 3.05) is 7.05 Å². The van der Waals surface area contributed by atoms with Crippen LogP contribution in [0.15, 0.2) is 12.4 Å². The van der Waals surface area contributed by atoms with E-state index in [1.165, 1.54) is 0 Å². The fourth-order valence-electron chi connectivity index (χ4n) is 1.49. The van der Waals surface area contributed by atoms with Gasteiger partial charge in [0.05, 0.1) is 6.20 Å². The van der Waals surface area contributed by atoms with Gasteiger partial charge in [0.25, 0.3) is 0 Å². The van der Waals surface area contributed by atoms with Crippen molar-refractivity contribution in [3.8, 4) is 0 Å². The van der Waals surface area contributed by atoms with E-state index < -0.39 is 6.04 Å². The van der Waals surface area contributed by atoms with Crippen molar-refractivity contribution in [1.29, 1.82) is 0 Å². The molecule has 5 nitrogen and oxygen atoms in total. The molecule has 5 heteroatoms. The number of nitrogens with zero attached hydrogens (tertiary/aromatic N) is 3. The SMILES string of the molecule is CCC(C)(C)N(C)C(=O)C(N)c1cnn(C)c1. The normalized spacial score (nSPS) is 13.5. The first-order valence-corrected chi connectivity index (χ1v) is 5.81. The third kappa shape index (κ3) is 2.85. The number of carbonyl (C=O) groups excluding carboxylic acids is 1. The zero-order valence-corrected chi connectivity index (χ0v) is 11.3. The van der Waals surface area contributed by atoms with E-state index in [1.807, 2.05) is 13.8 Å². The molecule has 1 atom stereocenters. The van der Waals surface area contributed by atoms with Crippen molar-refractivity contribution < 1.29 is 4.79 Å². The largest absolute Gasteiger partial charge is 0.339 e. The summed E-state index contributed by atoms with van der Waals surface area (Å²) < 4.78 is 1.65. The van der Waals surface area contributed by atoms with Gasteiger partial charge in [-0.3, -0.25) is 9.48 Å². The Hall–Kier alpha value is -1.36. The van der Waals surface area contributed by atoms with Crippen LogP contribution in [-0.2, 0) is 11.8 Å². The molecule has 0 fully saturated rings. The molecule has 0 radical (unpaired) electrons. The number of hydrogen-bond donors (Lipinski definition) is 1. The smallest absolute Gasteiger partial charge is 0.244 e. The van der Waals surface area contributed by atoms with Crippen LogP contribution >= 0.6 is 0 Å². The van der Waals surface area contributed by atoms with Gasteiger partial charge in [0.1, 0.15) is 6.04 Å². The minimum absolute atomic E-state index is 0.0788. The Morgan fingerprint density at radius 3 is 2.65 bits per heavy atom. The minimum Gasteiger partial charge on any atom is -0.339 e. The maximum Gasteiger partial charge on any atom is 0.244 e. The molecule has 0 saturated carbocycles. The monoisotopic (exact) mass is 238 g/mol. The topological polar surface area (TPSA) is 64.2 Å². The molecule has 0 bridgehead atoms. The van der Waals surface area contributed by atoms with Gasteiger partial charge < -0.3 is 10.6 Å². The standard InChI is InChI=1S/C12H22N4O/c1-6-12(2,3)16(5)11(17)10(13)9-7-14-15(4)8-9/h7-8,10H,6,13H2,1-5H3. The third-order valence-electron chi connectivity index (χ3n) is 3.45. The summed E-state index contributed by atoms with van der Waals surface area (Å²) in [6.07, 6.45) is 4.29. The van der Waals surface area contributed by atoms with Gasteiger partial charge in [-0.05, 0) is 20.3 Å². The first-order chi connectivity index (χ1) is 7.79. The molecule has 0 aliphatic heterocycles. The summed E-state index contributed by atoms with van der Waals surface area (Å²) in [5.41, 5.74) is 6.52. The molecule has 17 heavy (non-hydrogen) atoms. The number of aryl methyl sites for hydroxylation is 1. The average molecular weight is 238 g/mol. The molecule has 0 spiro atoms. The maximum absolute atomic E-state index is 12.2. The van der Waals surface area contributed by atoms with Crippen molar-refractivity contribution in [2.24, 2.45) is 12.8 Å². The molecule has 1 unspecified atom stereocenters. The Morgan fingerprint density at radius 2 is 2.24 bits per heavy atom. The predicted octanol–water partition coefficient (Wildman–Crippen LogP) is 1.07. The van der Waals surface area contributed by atoms with Crippen LogP contribution in [0.1, 0.15) is 38.8 Å². The average Bonchev–Trinajstić information content (AvgIpc) is 2.72. The molecule has 0 aliphatic rings. The fourth-order valence-corrected chi connectivity index (χ4v) is 1.49. The Balaban J connectivity index is 2.83. The number of carbonyl (C=O) groups is 1. The number of aromatic nitrogens is 2. The van der Waals surface area contributed by atoms with E-state index in [0.717, 1.165) is 12.0 Å². The highest BCUT2D eigenvalue weighted by atomic mass is 16.2. The van der Waals surface area contributed by atoms with E-state index in [2.05, 4.69) is 12.0 Å². The Kier molecular flexibility index (Phi) is 3.93. The van der Waals surface area contributed by atoms with Gasteiger partial charge in [-0.2, -0.15) is 5.10 Å². The summed E-state index contributed by atoms with van der Waals surface area (Å²) in [4.78, 5) is 13.9. The molecule has 1 heterocycles. The molecule has 96 valence electrons. The number of amides is 1. The highest BCUT2D eigenvalue weighted by Gasteiger charge is 2.30. The van der Waals surface area contributed by atoms with E-state index >= 15 is 0 Å². The van der Waals surface area contributed by atoms with Crippen LogP contribution in [-0.4, -0.2) is 33.2 Å². The van der Waals surface area contributed by atoms with Crippen LogP contribution in [0.3, 0.4) is 0 Å². The molecule has 1 rings (SSSR count). The highest BCUT2D eigenvalue weighted by molar-refractivity contribution is 5.83. The van der Waals surface area contributed by atoms with Crippen LogP contribution < -0.4 is 5.73 Å². The highest BCUT2D eigenvalue weighted by Crippen LogP contribution is 2.21. The Bertz CT molecular complexity index is 397. The van der Waals surface area contributed by atoms with Gasteiger partial charge in [0.2, 0.25) is 5.91 Å². The quantitative estimate of drug-likeness (QED) is 0.853. The molecular weight excluding hydrogens is 216 g/mol. The number of likely N-dealkylation sites (N-methyl/N-ethyl adjacent to an activating group) is 1. The summed E-state index contributed by atoms with van der Waals surface area (Å²) in [5, 5.41) is 4.03. The van der Waals surface area contributed by atoms with Crippen molar-refractivity contribution in [3.05, 3.63) is 18.0 Å². The lowest BCUT2D eigenvalue weighted by atomic mass is 9.98. The lowest BCUT2D eigenvalue weighted by Gasteiger charge is -2.36. The number of rotatable bonds is 4. The molecule has 1 aromatic rings. The molecule has 0 saturated heterocycles. The van der Waals surface area contributed by atoms with Crippen molar-refractivity contribution in [3.63, 3.8) is 0 Å². The zero-order chi connectivity index (χ0) is 13.2.